The molecule has 0 N–H and O–H groups in total. The molecule has 0 aliphatic heterocycles. The van der Waals surface area contributed by atoms with Gasteiger partial charge in [-0.2, -0.15) is 0 Å². The molecule has 0 spiro atoms. The van der Waals surface area contributed by atoms with Crippen molar-refractivity contribution >= 4 is 11.9 Å². The lowest BCUT2D eigenvalue weighted by Crippen LogP contribution is -2.15. The number of carbonyl (C=O) groups excluding carboxylic acids is 1. The first kappa shape index (κ1) is 23.0. The average Bonchev–Trinajstić information content (AvgIpc) is 3.02. The Kier molecular flexibility index (Phi) is 7.28. The molecule has 2 aliphatic rings. The Hall–Kier alpha value is -2.22. The molecule has 1 saturated carbocycles. The molecular weight excluding hydrogens is 390 g/mol. The van der Waals surface area contributed by atoms with Gasteiger partial charge in [0.25, 0.3) is 0 Å². The zero-order chi connectivity index (χ0) is 22.6. The lowest BCUT2D eigenvalue weighted by molar-refractivity contribution is -0.120. The van der Waals surface area contributed by atoms with Crippen LogP contribution in [0.1, 0.15) is 110 Å². The predicted molar refractivity (Wildman–Crippen MR) is 140 cm³/mol. The Balaban J connectivity index is 0.00000204. The van der Waals surface area contributed by atoms with Gasteiger partial charge in [0.1, 0.15) is 5.78 Å². The molecule has 0 bridgehead atoms. The number of benzene rings is 1. The summed E-state index contributed by atoms with van der Waals surface area (Å²) in [6.45, 7) is 6.76. The van der Waals surface area contributed by atoms with Crippen LogP contribution in [0.15, 0.2) is 42.6 Å². The second-order valence-corrected chi connectivity index (χ2v) is 10.9. The summed E-state index contributed by atoms with van der Waals surface area (Å²) in [5, 5.41) is 0. The fourth-order valence-corrected chi connectivity index (χ4v) is 5.73. The topological polar surface area (TPSA) is 30.0 Å². The normalized spacial score (nSPS) is 21.1. The van der Waals surface area contributed by atoms with Crippen LogP contribution in [0.5, 0.6) is 0 Å². The van der Waals surface area contributed by atoms with Crippen molar-refractivity contribution in [3.05, 3.63) is 70.6 Å². The van der Waals surface area contributed by atoms with Gasteiger partial charge in [-0.1, -0.05) is 70.0 Å². The van der Waals surface area contributed by atoms with Crippen LogP contribution >= 0.6 is 0 Å². The first-order valence-electron chi connectivity index (χ1n) is 12.7. The third kappa shape index (κ3) is 5.57. The van der Waals surface area contributed by atoms with Gasteiger partial charge < -0.3 is 0 Å². The van der Waals surface area contributed by atoms with Crippen molar-refractivity contribution in [2.45, 2.75) is 96.3 Å². The van der Waals surface area contributed by atoms with E-state index in [9.17, 15) is 4.79 Å². The van der Waals surface area contributed by atoms with Crippen LogP contribution in [0.4, 0.5) is 0 Å². The Morgan fingerprint density at radius 2 is 1.94 bits per heavy atom. The van der Waals surface area contributed by atoms with Gasteiger partial charge in [-0.3, -0.25) is 9.78 Å². The summed E-state index contributed by atoms with van der Waals surface area (Å²) in [5.74, 6) is 1.53. The smallest absolute Gasteiger partial charge is 0.133 e. The fourth-order valence-electron chi connectivity index (χ4n) is 5.73. The number of pyridine rings is 1. The second-order valence-electron chi connectivity index (χ2n) is 10.9. The highest BCUT2D eigenvalue weighted by Gasteiger charge is 2.25. The first-order chi connectivity index (χ1) is 15.4. The number of fused-ring (bicyclic) bond motifs is 1. The predicted octanol–water partition coefficient (Wildman–Crippen LogP) is 8.33. The van der Waals surface area contributed by atoms with E-state index in [0.29, 0.717) is 24.0 Å². The number of Topliss-reactive ketones (excluding diaryl/α,β-unsaturated/α-hetero) is 1. The molecule has 176 valence electrons. The van der Waals surface area contributed by atoms with Crippen molar-refractivity contribution in [1.82, 2.24) is 4.98 Å². The maximum Gasteiger partial charge on any atom is 0.133 e. The van der Waals surface area contributed by atoms with E-state index in [1.807, 2.05) is 6.20 Å². The van der Waals surface area contributed by atoms with Crippen molar-refractivity contribution < 1.29 is 9.07 Å². The zero-order valence-corrected chi connectivity index (χ0v) is 20.2. The highest BCUT2D eigenvalue weighted by molar-refractivity contribution is 5.79. The maximum atomic E-state index is 12.9. The Bertz CT molecular complexity index is 980. The number of hydrogen-bond donors (Lipinski definition) is 0. The summed E-state index contributed by atoms with van der Waals surface area (Å²) in [6, 6.07) is 10.8. The number of allylic oxidation sites excluding steroid dienone is 1. The summed E-state index contributed by atoms with van der Waals surface area (Å²) in [5.41, 5.74) is 6.99. The number of aryl methyl sites for hydroxylation is 2. The molecule has 2 heteroatoms. The van der Waals surface area contributed by atoms with Gasteiger partial charge in [-0.15, -0.1) is 0 Å². The van der Waals surface area contributed by atoms with E-state index in [2.05, 4.69) is 63.3 Å². The van der Waals surface area contributed by atoms with Gasteiger partial charge in [0.15, 0.2) is 0 Å². The number of carbonyl (C=O) groups is 1. The van der Waals surface area contributed by atoms with Crippen molar-refractivity contribution in [3.63, 3.8) is 0 Å². The molecule has 2 aromatic rings. The monoisotopic (exact) mass is 435 g/mol. The molecule has 0 amide bonds. The number of aromatic nitrogens is 1. The maximum absolute atomic E-state index is 12.9. The molecule has 2 aliphatic carbocycles. The quantitative estimate of drug-likeness (QED) is 0.427. The molecule has 0 saturated heterocycles. The Morgan fingerprint density at radius 3 is 2.78 bits per heavy atom. The third-order valence-corrected chi connectivity index (χ3v) is 7.47. The second kappa shape index (κ2) is 10.1. The molecule has 1 unspecified atom stereocenters. The lowest BCUT2D eigenvalue weighted by atomic mass is 9.82. The van der Waals surface area contributed by atoms with Crippen molar-refractivity contribution in [2.75, 3.05) is 0 Å². The van der Waals surface area contributed by atoms with E-state index in [4.69, 9.17) is 4.98 Å². The minimum absolute atomic E-state index is 0. The zero-order valence-electron chi connectivity index (χ0n) is 20.2. The van der Waals surface area contributed by atoms with E-state index < -0.39 is 0 Å². The van der Waals surface area contributed by atoms with E-state index >= 15 is 0 Å². The van der Waals surface area contributed by atoms with Crippen molar-refractivity contribution in [1.29, 1.82) is 0 Å². The first-order valence-corrected chi connectivity index (χ1v) is 12.7. The van der Waals surface area contributed by atoms with Crippen molar-refractivity contribution in [3.8, 4) is 0 Å². The minimum Gasteiger partial charge on any atom is -0.300 e. The SMILES string of the molecule is CC(C)(C)c1ccccc1CCC(=O)C[C@@H]1CCCC(c2nccc3c2C=CCC3)CC1.[HH].[HH].[HH]. The highest BCUT2D eigenvalue weighted by Crippen LogP contribution is 2.38. The van der Waals surface area contributed by atoms with E-state index in [-0.39, 0.29) is 9.69 Å². The highest BCUT2D eigenvalue weighted by atomic mass is 16.1. The molecule has 1 aromatic carbocycles. The summed E-state index contributed by atoms with van der Waals surface area (Å²) in [7, 11) is 0. The lowest BCUT2D eigenvalue weighted by Gasteiger charge is -2.23. The molecule has 1 heterocycles. The molecule has 2 atom stereocenters. The van der Waals surface area contributed by atoms with E-state index in [0.717, 1.165) is 32.1 Å². The van der Waals surface area contributed by atoms with Crippen molar-refractivity contribution in [2.24, 2.45) is 5.92 Å². The molecule has 1 aromatic heterocycles. The summed E-state index contributed by atoms with van der Waals surface area (Å²) in [6.07, 6.45) is 17.1. The van der Waals surface area contributed by atoms with Crippen LogP contribution in [0.3, 0.4) is 0 Å². The Morgan fingerprint density at radius 1 is 1.09 bits per heavy atom. The molecular formula is C30H45NO. The molecule has 4 rings (SSSR count). The summed E-state index contributed by atoms with van der Waals surface area (Å²) < 4.78 is 0. The van der Waals surface area contributed by atoms with Crippen LogP contribution in [-0.4, -0.2) is 10.8 Å². The molecule has 0 radical (unpaired) electrons. The third-order valence-electron chi connectivity index (χ3n) is 7.47. The van der Waals surface area contributed by atoms with Gasteiger partial charge in [-0.05, 0) is 78.2 Å². The van der Waals surface area contributed by atoms with Crippen LogP contribution in [0.25, 0.3) is 6.08 Å². The van der Waals surface area contributed by atoms with E-state index in [1.54, 1.807) is 0 Å². The van der Waals surface area contributed by atoms with Crippen LogP contribution < -0.4 is 0 Å². The molecule has 2 nitrogen and oxygen atoms in total. The van der Waals surface area contributed by atoms with Crippen LogP contribution in [-0.2, 0) is 23.1 Å². The van der Waals surface area contributed by atoms with Gasteiger partial charge in [-0.25, -0.2) is 0 Å². The van der Waals surface area contributed by atoms with Crippen LogP contribution in [0, 0.1) is 5.92 Å². The van der Waals surface area contributed by atoms with Gasteiger partial charge in [0, 0.05) is 29.2 Å². The number of ketones is 1. The molecule has 32 heavy (non-hydrogen) atoms. The van der Waals surface area contributed by atoms with Crippen LogP contribution in [0.2, 0.25) is 0 Å². The largest absolute Gasteiger partial charge is 0.300 e. The fraction of sp³-hybridized carbons (Fsp3) is 0.533. The molecule has 1 fully saturated rings. The summed E-state index contributed by atoms with van der Waals surface area (Å²) in [4.78, 5) is 17.7. The van der Waals surface area contributed by atoms with Gasteiger partial charge >= 0.3 is 0 Å². The number of nitrogens with zero attached hydrogens (tertiary/aromatic N) is 1. The van der Waals surface area contributed by atoms with Gasteiger partial charge in [0.05, 0.1) is 5.69 Å². The summed E-state index contributed by atoms with van der Waals surface area (Å²) >= 11 is 0. The average molecular weight is 436 g/mol. The van der Waals surface area contributed by atoms with E-state index in [1.165, 1.54) is 53.6 Å². The Labute approximate surface area is 199 Å². The number of hydrogen-bond acceptors (Lipinski definition) is 2. The van der Waals surface area contributed by atoms with Gasteiger partial charge in [0.2, 0.25) is 0 Å². The number of rotatable bonds is 6. The standard InChI is InChI=1S/C30H39NO.3H2/c1-30(2,3)28-14-7-5-11-24(28)17-18-26(32)21-22-9-8-12-25(16-15-22)29-27-13-6-4-10-23(27)19-20-31-29;;;/h5-7,11,13-14,19-20,22,25H,4,8-10,12,15-18,21H2,1-3H3;3*1H/t22-,25?;;;/m1.../s1. The minimum atomic E-state index is 0.